The van der Waals surface area contributed by atoms with E-state index >= 15 is 0 Å². The van der Waals surface area contributed by atoms with Crippen LogP contribution in [0.4, 0.5) is 4.39 Å². The van der Waals surface area contributed by atoms with Crippen molar-refractivity contribution in [3.63, 3.8) is 0 Å². The fraction of sp³-hybridized carbons (Fsp3) is 0.214. The second-order valence-corrected chi connectivity index (χ2v) is 3.98. The summed E-state index contributed by atoms with van der Waals surface area (Å²) in [6, 6.07) is 12.4. The quantitative estimate of drug-likeness (QED) is 0.877. The molecule has 0 aliphatic carbocycles. The van der Waals surface area contributed by atoms with Crippen LogP contribution in [0.15, 0.2) is 42.5 Å². The lowest BCUT2D eigenvalue weighted by Gasteiger charge is -2.16. The van der Waals surface area contributed by atoms with E-state index < -0.39 is 0 Å². The van der Waals surface area contributed by atoms with Crippen LogP contribution in [0.25, 0.3) is 0 Å². The second kappa shape index (κ2) is 5.06. The molecule has 0 fully saturated rings. The van der Waals surface area contributed by atoms with Crippen molar-refractivity contribution in [1.82, 2.24) is 10.3 Å². The van der Waals surface area contributed by atoms with Crippen LogP contribution in [0.1, 0.15) is 23.0 Å². The monoisotopic (exact) mass is 230 g/mol. The van der Waals surface area contributed by atoms with E-state index in [1.165, 1.54) is 12.1 Å². The molecular formula is C14H15FN2. The summed E-state index contributed by atoms with van der Waals surface area (Å²) >= 11 is 0. The molecule has 88 valence electrons. The molecule has 0 aliphatic rings. The Balaban J connectivity index is 2.36. The van der Waals surface area contributed by atoms with Gasteiger partial charge in [-0.25, -0.2) is 4.39 Å². The van der Waals surface area contributed by atoms with E-state index in [1.54, 1.807) is 12.1 Å². The van der Waals surface area contributed by atoms with Crippen LogP contribution in [0, 0.1) is 12.7 Å². The van der Waals surface area contributed by atoms with Gasteiger partial charge in [-0.2, -0.15) is 0 Å². The summed E-state index contributed by atoms with van der Waals surface area (Å²) < 4.78 is 12.9. The van der Waals surface area contributed by atoms with Crippen molar-refractivity contribution in [2.75, 3.05) is 7.05 Å². The van der Waals surface area contributed by atoms with Gasteiger partial charge >= 0.3 is 0 Å². The Labute approximate surface area is 101 Å². The zero-order valence-corrected chi connectivity index (χ0v) is 9.94. The minimum absolute atomic E-state index is 0.00417. The predicted molar refractivity (Wildman–Crippen MR) is 66.3 cm³/mol. The van der Waals surface area contributed by atoms with Gasteiger partial charge in [0, 0.05) is 5.69 Å². The Morgan fingerprint density at radius 2 is 1.82 bits per heavy atom. The molecule has 17 heavy (non-hydrogen) atoms. The van der Waals surface area contributed by atoms with Crippen LogP contribution in [-0.2, 0) is 0 Å². The van der Waals surface area contributed by atoms with E-state index in [1.807, 2.05) is 32.2 Å². The van der Waals surface area contributed by atoms with Gasteiger partial charge in [0.15, 0.2) is 0 Å². The number of rotatable bonds is 3. The van der Waals surface area contributed by atoms with Crippen LogP contribution in [0.2, 0.25) is 0 Å². The highest BCUT2D eigenvalue weighted by Gasteiger charge is 2.13. The van der Waals surface area contributed by atoms with Gasteiger partial charge in [0.1, 0.15) is 5.82 Å². The maximum Gasteiger partial charge on any atom is 0.123 e. The van der Waals surface area contributed by atoms with Crippen LogP contribution in [0.5, 0.6) is 0 Å². The molecule has 3 heteroatoms. The number of nitrogens with one attached hydrogen (secondary N) is 1. The summed E-state index contributed by atoms with van der Waals surface area (Å²) in [5.41, 5.74) is 2.93. The number of aryl methyl sites for hydroxylation is 1. The highest BCUT2D eigenvalue weighted by atomic mass is 19.1. The zero-order chi connectivity index (χ0) is 12.3. The lowest BCUT2D eigenvalue weighted by molar-refractivity contribution is 0.621. The Bertz CT molecular complexity index is 494. The summed E-state index contributed by atoms with van der Waals surface area (Å²) in [5, 5.41) is 3.20. The number of benzene rings is 1. The first-order valence-corrected chi connectivity index (χ1v) is 5.57. The smallest absolute Gasteiger partial charge is 0.123 e. The van der Waals surface area contributed by atoms with Gasteiger partial charge in [-0.15, -0.1) is 0 Å². The van der Waals surface area contributed by atoms with Crippen molar-refractivity contribution >= 4 is 0 Å². The second-order valence-electron chi connectivity index (χ2n) is 3.98. The number of aromatic nitrogens is 1. The Morgan fingerprint density at radius 1 is 1.12 bits per heavy atom. The van der Waals surface area contributed by atoms with Gasteiger partial charge in [0.25, 0.3) is 0 Å². The summed E-state index contributed by atoms with van der Waals surface area (Å²) in [7, 11) is 1.87. The molecule has 1 N–H and O–H groups in total. The molecule has 0 aliphatic heterocycles. The van der Waals surface area contributed by atoms with Gasteiger partial charge < -0.3 is 5.32 Å². The summed E-state index contributed by atoms with van der Waals surface area (Å²) in [4.78, 5) is 4.49. The van der Waals surface area contributed by atoms with Crippen LogP contribution < -0.4 is 5.32 Å². The molecule has 1 aromatic carbocycles. The fourth-order valence-electron chi connectivity index (χ4n) is 1.87. The van der Waals surface area contributed by atoms with Crippen molar-refractivity contribution in [1.29, 1.82) is 0 Å². The van der Waals surface area contributed by atoms with Crippen molar-refractivity contribution < 1.29 is 4.39 Å². The highest BCUT2D eigenvalue weighted by molar-refractivity contribution is 5.28. The fourth-order valence-corrected chi connectivity index (χ4v) is 1.87. The van der Waals surface area contributed by atoms with Gasteiger partial charge in [0.05, 0.1) is 11.7 Å². The maximum absolute atomic E-state index is 12.9. The van der Waals surface area contributed by atoms with E-state index in [9.17, 15) is 4.39 Å². The summed E-state index contributed by atoms with van der Waals surface area (Å²) in [5.74, 6) is -0.221. The van der Waals surface area contributed by atoms with Gasteiger partial charge in [-0.1, -0.05) is 18.2 Å². The zero-order valence-electron chi connectivity index (χ0n) is 9.94. The molecule has 0 bridgehead atoms. The predicted octanol–water partition coefficient (Wildman–Crippen LogP) is 2.84. The first-order chi connectivity index (χ1) is 8.20. The van der Waals surface area contributed by atoms with Crippen LogP contribution in [0.3, 0.4) is 0 Å². The largest absolute Gasteiger partial charge is 0.308 e. The first-order valence-electron chi connectivity index (χ1n) is 5.57. The molecule has 0 amide bonds. The molecule has 2 nitrogen and oxygen atoms in total. The first kappa shape index (κ1) is 11.7. The lowest BCUT2D eigenvalue weighted by atomic mass is 10.0. The molecule has 0 saturated heterocycles. The van der Waals surface area contributed by atoms with E-state index in [-0.39, 0.29) is 11.9 Å². The molecular weight excluding hydrogens is 215 g/mol. The van der Waals surface area contributed by atoms with Gasteiger partial charge in [0.2, 0.25) is 0 Å². The third kappa shape index (κ3) is 2.68. The average Bonchev–Trinajstić information content (AvgIpc) is 2.33. The molecule has 1 atom stereocenters. The highest BCUT2D eigenvalue weighted by Crippen LogP contribution is 2.20. The lowest BCUT2D eigenvalue weighted by Crippen LogP contribution is -2.19. The molecule has 0 radical (unpaired) electrons. The SMILES string of the molecule is CNC(c1ccc(F)cc1)c1cccc(C)n1. The van der Waals surface area contributed by atoms with Crippen molar-refractivity contribution in [3.8, 4) is 0 Å². The van der Waals surface area contributed by atoms with Crippen molar-refractivity contribution in [2.24, 2.45) is 0 Å². The van der Waals surface area contributed by atoms with Crippen molar-refractivity contribution in [2.45, 2.75) is 13.0 Å². The molecule has 2 aromatic rings. The number of pyridine rings is 1. The van der Waals surface area contributed by atoms with E-state index in [0.717, 1.165) is 17.0 Å². The molecule has 1 aromatic heterocycles. The number of nitrogens with zero attached hydrogens (tertiary/aromatic N) is 1. The maximum atomic E-state index is 12.9. The van der Waals surface area contributed by atoms with Crippen molar-refractivity contribution in [3.05, 3.63) is 65.2 Å². The molecule has 1 heterocycles. The van der Waals surface area contributed by atoms with Crippen LogP contribution in [-0.4, -0.2) is 12.0 Å². The number of hydrogen-bond acceptors (Lipinski definition) is 2. The number of halogens is 1. The van der Waals surface area contributed by atoms with Gasteiger partial charge in [-0.3, -0.25) is 4.98 Å². The molecule has 2 rings (SSSR count). The third-order valence-electron chi connectivity index (χ3n) is 2.70. The van der Waals surface area contributed by atoms with E-state index in [4.69, 9.17) is 0 Å². The normalized spacial score (nSPS) is 12.4. The minimum Gasteiger partial charge on any atom is -0.308 e. The Kier molecular flexibility index (Phi) is 3.49. The molecule has 1 unspecified atom stereocenters. The number of hydrogen-bond donors (Lipinski definition) is 1. The van der Waals surface area contributed by atoms with E-state index in [0.29, 0.717) is 0 Å². The standard InChI is InChI=1S/C14H15FN2/c1-10-4-3-5-13(17-10)14(16-2)11-6-8-12(15)9-7-11/h3-9,14,16H,1-2H3. The molecule has 0 saturated carbocycles. The van der Waals surface area contributed by atoms with Crippen LogP contribution >= 0.6 is 0 Å². The molecule has 0 spiro atoms. The Morgan fingerprint density at radius 3 is 2.41 bits per heavy atom. The topological polar surface area (TPSA) is 24.9 Å². The third-order valence-corrected chi connectivity index (χ3v) is 2.70. The minimum atomic E-state index is -0.221. The van der Waals surface area contributed by atoms with Gasteiger partial charge in [-0.05, 0) is 43.8 Å². The van der Waals surface area contributed by atoms with E-state index in [2.05, 4.69) is 10.3 Å². The average molecular weight is 230 g/mol. The summed E-state index contributed by atoms with van der Waals surface area (Å²) in [6.07, 6.45) is 0. The Hall–Kier alpha value is -1.74. The summed E-state index contributed by atoms with van der Waals surface area (Å²) in [6.45, 7) is 1.96.